The highest BCUT2D eigenvalue weighted by atomic mass is 32.1. The van der Waals surface area contributed by atoms with Gasteiger partial charge in [0.15, 0.2) is 0 Å². The molecule has 0 saturated carbocycles. The van der Waals surface area contributed by atoms with Gasteiger partial charge in [0.1, 0.15) is 0 Å². The second kappa shape index (κ2) is 4.16. The van der Waals surface area contributed by atoms with Crippen LogP contribution >= 0.6 is 12.6 Å². The Hall–Kier alpha value is -0.710. The molecule has 0 aliphatic heterocycles. The third-order valence-corrected chi connectivity index (χ3v) is 1.22. The summed E-state index contributed by atoms with van der Waals surface area (Å²) in [5.74, 6) is -0.621. The topological polar surface area (TPSA) is 63.4 Å². The molecule has 0 spiro atoms. The predicted molar refractivity (Wildman–Crippen MR) is 40.7 cm³/mol. The summed E-state index contributed by atoms with van der Waals surface area (Å²) >= 11 is 3.73. The summed E-state index contributed by atoms with van der Waals surface area (Å²) in [6, 6.07) is 0. The molecule has 0 aromatic carbocycles. The maximum atomic E-state index is 10.7. The average Bonchev–Trinajstić information content (AvgIpc) is 1.85. The lowest BCUT2D eigenvalue weighted by atomic mass is 10.5. The van der Waals surface area contributed by atoms with E-state index >= 15 is 0 Å². The van der Waals surface area contributed by atoms with Gasteiger partial charge >= 0.3 is 0 Å². The van der Waals surface area contributed by atoms with Crippen LogP contribution in [0.2, 0.25) is 0 Å². The van der Waals surface area contributed by atoms with Gasteiger partial charge in [0.05, 0.1) is 12.3 Å². The minimum absolute atomic E-state index is 0.0423. The predicted octanol–water partition coefficient (Wildman–Crippen LogP) is -1.14. The van der Waals surface area contributed by atoms with Gasteiger partial charge in [-0.25, -0.2) is 0 Å². The van der Waals surface area contributed by atoms with Gasteiger partial charge < -0.3 is 10.6 Å². The second-order valence-electron chi connectivity index (χ2n) is 1.87. The minimum Gasteiger partial charge on any atom is -0.368 e. The fraction of sp³-hybridized carbons (Fsp3) is 0.600. The van der Waals surface area contributed by atoms with Crippen molar-refractivity contribution in [2.75, 3.05) is 19.3 Å². The normalized spacial score (nSPS) is 9.00. The smallest absolute Gasteiger partial charge is 0.237 e. The molecule has 0 saturated heterocycles. The first kappa shape index (κ1) is 9.29. The zero-order valence-corrected chi connectivity index (χ0v) is 6.60. The van der Waals surface area contributed by atoms with Crippen LogP contribution in [-0.4, -0.2) is 36.1 Å². The van der Waals surface area contributed by atoms with Crippen molar-refractivity contribution in [3.05, 3.63) is 0 Å². The summed E-state index contributed by atoms with van der Waals surface area (Å²) in [5, 5.41) is 0. The minimum atomic E-state index is -0.516. The Bertz CT molecular complexity index is 149. The highest BCUT2D eigenvalue weighted by molar-refractivity contribution is 7.81. The zero-order valence-electron chi connectivity index (χ0n) is 5.70. The van der Waals surface area contributed by atoms with Gasteiger partial charge in [-0.15, -0.1) is 0 Å². The zero-order chi connectivity index (χ0) is 8.15. The van der Waals surface area contributed by atoms with E-state index in [4.69, 9.17) is 5.73 Å². The van der Waals surface area contributed by atoms with Gasteiger partial charge in [0, 0.05) is 7.05 Å². The average molecular weight is 162 g/mol. The number of amides is 2. The molecule has 0 atom stereocenters. The van der Waals surface area contributed by atoms with Gasteiger partial charge in [0.2, 0.25) is 11.8 Å². The Morgan fingerprint density at radius 1 is 1.60 bits per heavy atom. The van der Waals surface area contributed by atoms with Crippen molar-refractivity contribution in [3.63, 3.8) is 0 Å². The van der Waals surface area contributed by atoms with Crippen LogP contribution in [0.5, 0.6) is 0 Å². The SMILES string of the molecule is CN(CC(N)=O)C(=O)CS. The number of thiol groups is 1. The van der Waals surface area contributed by atoms with Gasteiger partial charge in [-0.1, -0.05) is 0 Å². The van der Waals surface area contributed by atoms with Crippen molar-refractivity contribution in [3.8, 4) is 0 Å². The standard InChI is InChI=1S/C5H10N2O2S/c1-7(2-4(6)8)5(9)3-10/h10H,2-3H2,1H3,(H2,6,8). The number of rotatable bonds is 3. The van der Waals surface area contributed by atoms with Crippen LogP contribution in [-0.2, 0) is 9.59 Å². The summed E-state index contributed by atoms with van der Waals surface area (Å²) < 4.78 is 0. The number of nitrogens with two attached hydrogens (primary N) is 1. The molecule has 0 unspecified atom stereocenters. The summed E-state index contributed by atoms with van der Waals surface area (Å²) in [4.78, 5) is 22.2. The maximum absolute atomic E-state index is 10.7. The van der Waals surface area contributed by atoms with Crippen LogP contribution in [0.3, 0.4) is 0 Å². The lowest BCUT2D eigenvalue weighted by Crippen LogP contribution is -2.35. The van der Waals surface area contributed by atoms with Crippen molar-refractivity contribution in [1.82, 2.24) is 4.90 Å². The van der Waals surface area contributed by atoms with Crippen molar-refractivity contribution >= 4 is 24.4 Å². The van der Waals surface area contributed by atoms with E-state index in [9.17, 15) is 9.59 Å². The first-order valence-corrected chi connectivity index (χ1v) is 3.34. The monoisotopic (exact) mass is 162 g/mol. The van der Waals surface area contributed by atoms with Crippen molar-refractivity contribution in [1.29, 1.82) is 0 Å². The molecular formula is C5H10N2O2S. The molecule has 0 aliphatic carbocycles. The van der Waals surface area contributed by atoms with Crippen molar-refractivity contribution in [2.24, 2.45) is 5.73 Å². The van der Waals surface area contributed by atoms with E-state index in [1.165, 1.54) is 11.9 Å². The largest absolute Gasteiger partial charge is 0.368 e. The first-order chi connectivity index (χ1) is 4.57. The number of hydrogen-bond donors (Lipinski definition) is 2. The van der Waals surface area contributed by atoms with E-state index in [1.807, 2.05) is 0 Å². The molecule has 5 heteroatoms. The van der Waals surface area contributed by atoms with Gasteiger partial charge in [-0.05, 0) is 0 Å². The Balaban J connectivity index is 3.72. The first-order valence-electron chi connectivity index (χ1n) is 2.71. The van der Waals surface area contributed by atoms with Crippen LogP contribution < -0.4 is 5.73 Å². The Kier molecular flexibility index (Phi) is 3.87. The number of nitrogens with zero attached hydrogens (tertiary/aromatic N) is 1. The quantitative estimate of drug-likeness (QED) is 0.515. The lowest BCUT2D eigenvalue weighted by Gasteiger charge is -2.12. The third-order valence-electron chi connectivity index (χ3n) is 0.954. The fourth-order valence-corrected chi connectivity index (χ4v) is 0.684. The summed E-state index contributed by atoms with van der Waals surface area (Å²) in [6.45, 7) is -0.0423. The van der Waals surface area contributed by atoms with E-state index < -0.39 is 5.91 Å². The molecule has 0 heterocycles. The highest BCUT2D eigenvalue weighted by Crippen LogP contribution is 1.85. The number of carbonyl (C=O) groups excluding carboxylic acids is 2. The molecule has 4 nitrogen and oxygen atoms in total. The Morgan fingerprint density at radius 2 is 2.10 bits per heavy atom. The van der Waals surface area contributed by atoms with E-state index in [0.29, 0.717) is 0 Å². The van der Waals surface area contributed by atoms with E-state index in [0.717, 1.165) is 0 Å². The number of carbonyl (C=O) groups is 2. The fourth-order valence-electron chi connectivity index (χ4n) is 0.443. The number of primary amides is 1. The van der Waals surface area contributed by atoms with Crippen LogP contribution in [0.1, 0.15) is 0 Å². The molecule has 0 aromatic rings. The Morgan fingerprint density at radius 3 is 2.40 bits per heavy atom. The van der Waals surface area contributed by atoms with Crippen LogP contribution in [0.25, 0.3) is 0 Å². The van der Waals surface area contributed by atoms with Crippen LogP contribution in [0.15, 0.2) is 0 Å². The molecule has 0 radical (unpaired) electrons. The molecule has 10 heavy (non-hydrogen) atoms. The number of hydrogen-bond acceptors (Lipinski definition) is 3. The molecule has 2 amide bonds. The summed E-state index contributed by atoms with van der Waals surface area (Å²) in [6.07, 6.45) is 0. The molecule has 58 valence electrons. The van der Waals surface area contributed by atoms with E-state index in [1.54, 1.807) is 0 Å². The summed E-state index contributed by atoms with van der Waals surface area (Å²) in [7, 11) is 1.50. The van der Waals surface area contributed by atoms with Crippen LogP contribution in [0.4, 0.5) is 0 Å². The molecule has 2 N–H and O–H groups in total. The number of likely N-dealkylation sites (N-methyl/N-ethyl adjacent to an activating group) is 1. The van der Waals surface area contributed by atoms with Crippen molar-refractivity contribution < 1.29 is 9.59 Å². The maximum Gasteiger partial charge on any atom is 0.237 e. The molecule has 0 fully saturated rings. The van der Waals surface area contributed by atoms with Gasteiger partial charge in [0.25, 0.3) is 0 Å². The van der Waals surface area contributed by atoms with Gasteiger partial charge in [-0.2, -0.15) is 12.6 Å². The highest BCUT2D eigenvalue weighted by Gasteiger charge is 2.07. The van der Waals surface area contributed by atoms with Crippen molar-refractivity contribution in [2.45, 2.75) is 0 Å². The molecule has 0 bridgehead atoms. The van der Waals surface area contributed by atoms with Crippen LogP contribution in [0, 0.1) is 0 Å². The van der Waals surface area contributed by atoms with E-state index in [2.05, 4.69) is 12.6 Å². The molecule has 0 aliphatic rings. The van der Waals surface area contributed by atoms with E-state index in [-0.39, 0.29) is 18.2 Å². The Labute approximate surface area is 64.8 Å². The summed E-state index contributed by atoms with van der Waals surface area (Å²) in [5.41, 5.74) is 4.83. The molecule has 0 aromatic heterocycles. The molecule has 0 rings (SSSR count). The molecular weight excluding hydrogens is 152 g/mol. The second-order valence-corrected chi connectivity index (χ2v) is 2.19. The van der Waals surface area contributed by atoms with Gasteiger partial charge in [-0.3, -0.25) is 9.59 Å². The third kappa shape index (κ3) is 3.34. The lowest BCUT2D eigenvalue weighted by molar-refractivity contribution is -0.131.